The normalized spacial score (nSPS) is 22.7. The fourth-order valence-corrected chi connectivity index (χ4v) is 3.32. The summed E-state index contributed by atoms with van der Waals surface area (Å²) in [5.74, 6) is 1.55. The van der Waals surface area contributed by atoms with E-state index in [0.29, 0.717) is 31.9 Å². The average Bonchev–Trinajstić information content (AvgIpc) is 3.12. The number of aliphatic hydroxyl groups is 1. The van der Waals surface area contributed by atoms with Crippen molar-refractivity contribution in [3.05, 3.63) is 47.3 Å². The standard InChI is InChI=1S/C20H28N2O5/c1-24-13-18-10-15(22-27-18)9-17-6-7-19(23)20(26-17)12-21-11-14-4-3-5-16(8-14)25-2/h3-5,8,10,17,19-21,23H,6-7,9,11-13H2,1-2H3/t17-,19-,20+/m0/s1. The van der Waals surface area contributed by atoms with Crippen LogP contribution in [0.5, 0.6) is 5.75 Å². The van der Waals surface area contributed by atoms with E-state index in [1.165, 1.54) is 0 Å². The van der Waals surface area contributed by atoms with Crippen LogP contribution in [0.2, 0.25) is 0 Å². The van der Waals surface area contributed by atoms with Crippen LogP contribution in [0.15, 0.2) is 34.9 Å². The lowest BCUT2D eigenvalue weighted by atomic mass is 9.98. The van der Waals surface area contributed by atoms with Crippen molar-refractivity contribution in [2.75, 3.05) is 20.8 Å². The third-order valence-electron chi connectivity index (χ3n) is 4.72. The van der Waals surface area contributed by atoms with Gasteiger partial charge in [-0.2, -0.15) is 0 Å². The first-order valence-electron chi connectivity index (χ1n) is 9.28. The van der Waals surface area contributed by atoms with Gasteiger partial charge in [0.25, 0.3) is 0 Å². The minimum absolute atomic E-state index is 0.0255. The topological polar surface area (TPSA) is 86.0 Å². The summed E-state index contributed by atoms with van der Waals surface area (Å²) >= 11 is 0. The number of nitrogens with zero attached hydrogens (tertiary/aromatic N) is 1. The maximum Gasteiger partial charge on any atom is 0.162 e. The highest BCUT2D eigenvalue weighted by Gasteiger charge is 2.30. The molecule has 1 saturated heterocycles. The van der Waals surface area contributed by atoms with Gasteiger partial charge in [0.05, 0.1) is 31.1 Å². The quantitative estimate of drug-likeness (QED) is 0.693. The molecule has 7 heteroatoms. The van der Waals surface area contributed by atoms with Crippen molar-refractivity contribution in [2.45, 2.75) is 50.7 Å². The van der Waals surface area contributed by atoms with E-state index in [0.717, 1.165) is 29.8 Å². The predicted octanol–water partition coefficient (Wildman–Crippen LogP) is 2.07. The molecule has 0 unspecified atom stereocenters. The minimum Gasteiger partial charge on any atom is -0.497 e. The fraction of sp³-hybridized carbons (Fsp3) is 0.550. The first kappa shape index (κ1) is 19.8. The zero-order valence-electron chi connectivity index (χ0n) is 15.9. The molecule has 0 saturated carbocycles. The van der Waals surface area contributed by atoms with Crippen LogP contribution in [-0.4, -0.2) is 49.3 Å². The van der Waals surface area contributed by atoms with E-state index in [4.69, 9.17) is 18.7 Å². The maximum atomic E-state index is 10.3. The number of hydrogen-bond donors (Lipinski definition) is 2. The maximum absolute atomic E-state index is 10.3. The number of aliphatic hydroxyl groups excluding tert-OH is 1. The van der Waals surface area contributed by atoms with Crippen molar-refractivity contribution in [1.82, 2.24) is 10.5 Å². The molecule has 3 atom stereocenters. The van der Waals surface area contributed by atoms with Crippen LogP contribution in [0.3, 0.4) is 0 Å². The van der Waals surface area contributed by atoms with Crippen LogP contribution in [-0.2, 0) is 29.0 Å². The Hall–Kier alpha value is -1.93. The van der Waals surface area contributed by atoms with Gasteiger partial charge in [-0.15, -0.1) is 0 Å². The molecule has 1 aromatic carbocycles. The zero-order chi connectivity index (χ0) is 19.1. The van der Waals surface area contributed by atoms with Crippen LogP contribution >= 0.6 is 0 Å². The van der Waals surface area contributed by atoms with Gasteiger partial charge in [-0.25, -0.2) is 0 Å². The SMILES string of the molecule is COCc1cc(C[C@@H]2CC[C@H](O)[C@@H](CNCc3cccc(OC)c3)O2)no1. The fourth-order valence-electron chi connectivity index (χ4n) is 3.32. The zero-order valence-corrected chi connectivity index (χ0v) is 15.9. The Morgan fingerprint density at radius 3 is 2.96 bits per heavy atom. The second kappa shape index (κ2) is 9.85. The molecule has 1 aromatic heterocycles. The second-order valence-electron chi connectivity index (χ2n) is 6.85. The summed E-state index contributed by atoms with van der Waals surface area (Å²) in [4.78, 5) is 0. The van der Waals surface area contributed by atoms with Crippen LogP contribution in [0.25, 0.3) is 0 Å². The van der Waals surface area contributed by atoms with E-state index >= 15 is 0 Å². The van der Waals surface area contributed by atoms with E-state index in [9.17, 15) is 5.11 Å². The lowest BCUT2D eigenvalue weighted by Crippen LogP contribution is -2.45. The molecule has 0 bridgehead atoms. The van der Waals surface area contributed by atoms with Gasteiger partial charge in [0, 0.05) is 32.7 Å². The first-order valence-corrected chi connectivity index (χ1v) is 9.28. The molecular formula is C20H28N2O5. The number of hydrogen-bond acceptors (Lipinski definition) is 7. The van der Waals surface area contributed by atoms with Crippen molar-refractivity contribution in [2.24, 2.45) is 0 Å². The van der Waals surface area contributed by atoms with E-state index < -0.39 is 6.10 Å². The number of ether oxygens (including phenoxy) is 3. The largest absolute Gasteiger partial charge is 0.497 e. The van der Waals surface area contributed by atoms with Crippen LogP contribution < -0.4 is 10.1 Å². The van der Waals surface area contributed by atoms with Gasteiger partial charge in [-0.3, -0.25) is 0 Å². The molecule has 0 spiro atoms. The molecule has 27 heavy (non-hydrogen) atoms. The minimum atomic E-state index is -0.458. The lowest BCUT2D eigenvalue weighted by Gasteiger charge is -2.34. The Bertz CT molecular complexity index is 705. The van der Waals surface area contributed by atoms with Crippen molar-refractivity contribution in [1.29, 1.82) is 0 Å². The smallest absolute Gasteiger partial charge is 0.162 e. The molecule has 1 fully saturated rings. The molecule has 148 valence electrons. The summed E-state index contributed by atoms with van der Waals surface area (Å²) in [5, 5.41) is 17.7. The Balaban J connectivity index is 1.47. The highest BCUT2D eigenvalue weighted by atomic mass is 16.5. The van der Waals surface area contributed by atoms with Crippen LogP contribution in [0.4, 0.5) is 0 Å². The monoisotopic (exact) mass is 376 g/mol. The highest BCUT2D eigenvalue weighted by molar-refractivity contribution is 5.28. The second-order valence-corrected chi connectivity index (χ2v) is 6.85. The Morgan fingerprint density at radius 2 is 2.15 bits per heavy atom. The molecular weight excluding hydrogens is 348 g/mol. The predicted molar refractivity (Wildman–Crippen MR) is 99.5 cm³/mol. The molecule has 0 amide bonds. The third kappa shape index (κ3) is 5.77. The third-order valence-corrected chi connectivity index (χ3v) is 4.72. The van der Waals surface area contributed by atoms with Gasteiger partial charge < -0.3 is 29.2 Å². The summed E-state index contributed by atoms with van der Waals surface area (Å²) in [5.41, 5.74) is 1.98. The van der Waals surface area contributed by atoms with Gasteiger partial charge in [-0.05, 0) is 30.5 Å². The lowest BCUT2D eigenvalue weighted by molar-refractivity contribution is -0.115. The highest BCUT2D eigenvalue weighted by Crippen LogP contribution is 2.23. The summed E-state index contributed by atoms with van der Waals surface area (Å²) < 4.78 is 21.6. The molecule has 0 radical (unpaired) electrons. The summed E-state index contributed by atoms with van der Waals surface area (Å²) in [6.07, 6.45) is 1.53. The van der Waals surface area contributed by atoms with Crippen molar-refractivity contribution in [3.8, 4) is 5.75 Å². The van der Waals surface area contributed by atoms with E-state index in [1.54, 1.807) is 14.2 Å². The number of nitrogens with one attached hydrogen (secondary N) is 1. The molecule has 2 aromatic rings. The van der Waals surface area contributed by atoms with E-state index in [1.807, 2.05) is 30.3 Å². The average molecular weight is 376 g/mol. The first-order chi connectivity index (χ1) is 13.2. The molecule has 2 heterocycles. The number of methoxy groups -OCH3 is 2. The van der Waals surface area contributed by atoms with Crippen LogP contribution in [0, 0.1) is 0 Å². The summed E-state index contributed by atoms with van der Waals surface area (Å²) in [6, 6.07) is 9.82. The molecule has 3 rings (SSSR count). The van der Waals surface area contributed by atoms with Gasteiger partial charge in [0.1, 0.15) is 12.4 Å². The molecule has 1 aliphatic rings. The summed E-state index contributed by atoms with van der Waals surface area (Å²) in [6.45, 7) is 1.69. The van der Waals surface area contributed by atoms with Crippen molar-refractivity contribution >= 4 is 0 Å². The number of rotatable bonds is 9. The molecule has 2 N–H and O–H groups in total. The van der Waals surface area contributed by atoms with Crippen molar-refractivity contribution in [3.63, 3.8) is 0 Å². The Kier molecular flexibility index (Phi) is 7.23. The van der Waals surface area contributed by atoms with Gasteiger partial charge in [0.2, 0.25) is 0 Å². The number of aromatic nitrogens is 1. The van der Waals surface area contributed by atoms with Gasteiger partial charge in [-0.1, -0.05) is 17.3 Å². The number of benzene rings is 1. The Labute approximate surface area is 159 Å². The van der Waals surface area contributed by atoms with Crippen LogP contribution in [0.1, 0.15) is 29.9 Å². The van der Waals surface area contributed by atoms with E-state index in [-0.39, 0.29) is 12.2 Å². The van der Waals surface area contributed by atoms with E-state index in [2.05, 4.69) is 10.5 Å². The van der Waals surface area contributed by atoms with Crippen molar-refractivity contribution < 1.29 is 23.8 Å². The van der Waals surface area contributed by atoms with Gasteiger partial charge in [0.15, 0.2) is 5.76 Å². The molecule has 1 aliphatic heterocycles. The Morgan fingerprint density at radius 1 is 1.26 bits per heavy atom. The molecule has 7 nitrogen and oxygen atoms in total. The summed E-state index contributed by atoms with van der Waals surface area (Å²) in [7, 11) is 3.28. The van der Waals surface area contributed by atoms with Gasteiger partial charge >= 0.3 is 0 Å². The molecule has 0 aliphatic carbocycles.